The summed E-state index contributed by atoms with van der Waals surface area (Å²) in [5.74, 6) is -0.436. The Balaban J connectivity index is 1.71. The third kappa shape index (κ3) is 3.05. The molecule has 0 fully saturated rings. The Kier molecular flexibility index (Phi) is 3.88. The van der Waals surface area contributed by atoms with Gasteiger partial charge in [-0.1, -0.05) is 6.07 Å². The summed E-state index contributed by atoms with van der Waals surface area (Å²) in [5.41, 5.74) is 3.07. The number of hydrogen-bond donors (Lipinski definition) is 1. The fraction of sp³-hybridized carbons (Fsp3) is 0.294. The lowest BCUT2D eigenvalue weighted by Gasteiger charge is -2.11. The van der Waals surface area contributed by atoms with Gasteiger partial charge in [-0.15, -0.1) is 0 Å². The van der Waals surface area contributed by atoms with Gasteiger partial charge in [0.05, 0.1) is 0 Å². The van der Waals surface area contributed by atoms with Crippen LogP contribution in [0, 0.1) is 11.6 Å². The van der Waals surface area contributed by atoms with E-state index in [1.54, 1.807) is 0 Å². The SMILES string of the molecule is CNC1CCc2cc(OCc3cc(F)cc(F)c3)ccc21. The van der Waals surface area contributed by atoms with Crippen LogP contribution in [-0.4, -0.2) is 7.05 Å². The maximum atomic E-state index is 13.1. The lowest BCUT2D eigenvalue weighted by molar-refractivity contribution is 0.304. The van der Waals surface area contributed by atoms with Crippen LogP contribution in [0.15, 0.2) is 36.4 Å². The van der Waals surface area contributed by atoms with Crippen molar-refractivity contribution in [3.8, 4) is 5.75 Å². The molecule has 1 aliphatic carbocycles. The second-order valence-electron chi connectivity index (χ2n) is 5.31. The minimum absolute atomic E-state index is 0.156. The van der Waals surface area contributed by atoms with Gasteiger partial charge in [0.15, 0.2) is 0 Å². The van der Waals surface area contributed by atoms with Crippen LogP contribution in [0.25, 0.3) is 0 Å². The zero-order valence-corrected chi connectivity index (χ0v) is 11.8. The van der Waals surface area contributed by atoms with Gasteiger partial charge in [-0.25, -0.2) is 8.78 Å². The summed E-state index contributed by atoms with van der Waals surface area (Å²) >= 11 is 0. The van der Waals surface area contributed by atoms with E-state index in [1.807, 2.05) is 19.2 Å². The third-order valence-electron chi connectivity index (χ3n) is 3.87. The van der Waals surface area contributed by atoms with Crippen molar-refractivity contribution in [3.63, 3.8) is 0 Å². The third-order valence-corrected chi connectivity index (χ3v) is 3.87. The molecule has 0 spiro atoms. The van der Waals surface area contributed by atoms with Gasteiger partial charge in [0.25, 0.3) is 0 Å². The molecule has 1 atom stereocenters. The minimum Gasteiger partial charge on any atom is -0.489 e. The maximum absolute atomic E-state index is 13.1. The molecule has 1 unspecified atom stereocenters. The number of nitrogens with one attached hydrogen (secondary N) is 1. The molecule has 2 aromatic rings. The topological polar surface area (TPSA) is 21.3 Å². The van der Waals surface area contributed by atoms with E-state index < -0.39 is 11.6 Å². The van der Waals surface area contributed by atoms with Crippen molar-refractivity contribution < 1.29 is 13.5 Å². The Morgan fingerprint density at radius 2 is 1.90 bits per heavy atom. The average Bonchev–Trinajstić information content (AvgIpc) is 2.86. The standard InChI is InChI=1S/C17H17F2NO/c1-20-17-5-2-12-8-15(3-4-16(12)17)21-10-11-6-13(18)9-14(19)7-11/h3-4,6-9,17,20H,2,5,10H2,1H3. The molecule has 0 saturated heterocycles. The first-order valence-electron chi connectivity index (χ1n) is 7.03. The van der Waals surface area contributed by atoms with Crippen LogP contribution in [0.4, 0.5) is 8.78 Å². The zero-order valence-electron chi connectivity index (χ0n) is 11.8. The molecule has 0 aliphatic heterocycles. The molecule has 0 aromatic heterocycles. The Hall–Kier alpha value is -1.94. The number of fused-ring (bicyclic) bond motifs is 1. The minimum atomic E-state index is -0.584. The van der Waals surface area contributed by atoms with Crippen molar-refractivity contribution in [2.24, 2.45) is 0 Å². The molecule has 110 valence electrons. The van der Waals surface area contributed by atoms with Gasteiger partial charge in [0, 0.05) is 12.1 Å². The van der Waals surface area contributed by atoms with Crippen molar-refractivity contribution in [2.75, 3.05) is 7.05 Å². The highest BCUT2D eigenvalue weighted by Crippen LogP contribution is 2.33. The van der Waals surface area contributed by atoms with Gasteiger partial charge in [-0.05, 0) is 60.8 Å². The number of hydrogen-bond acceptors (Lipinski definition) is 2. The molecule has 2 aromatic carbocycles. The molecule has 0 amide bonds. The monoisotopic (exact) mass is 289 g/mol. The predicted octanol–water partition coefficient (Wildman–Crippen LogP) is 3.75. The summed E-state index contributed by atoms with van der Waals surface area (Å²) in [4.78, 5) is 0. The fourth-order valence-electron chi connectivity index (χ4n) is 2.84. The van der Waals surface area contributed by atoms with Crippen molar-refractivity contribution in [1.82, 2.24) is 5.32 Å². The Morgan fingerprint density at radius 1 is 1.14 bits per heavy atom. The van der Waals surface area contributed by atoms with Gasteiger partial charge in [-0.2, -0.15) is 0 Å². The highest BCUT2D eigenvalue weighted by Gasteiger charge is 2.21. The number of rotatable bonds is 4. The molecule has 0 radical (unpaired) electrons. The summed E-state index contributed by atoms with van der Waals surface area (Å²) in [6.45, 7) is 0.156. The van der Waals surface area contributed by atoms with Crippen LogP contribution in [0.1, 0.15) is 29.2 Å². The van der Waals surface area contributed by atoms with Gasteiger partial charge >= 0.3 is 0 Å². The van der Waals surface area contributed by atoms with Gasteiger partial charge < -0.3 is 10.1 Å². The summed E-state index contributed by atoms with van der Waals surface area (Å²) in [6.07, 6.45) is 2.11. The lowest BCUT2D eigenvalue weighted by atomic mass is 10.1. The molecular weight excluding hydrogens is 272 g/mol. The molecule has 2 nitrogen and oxygen atoms in total. The van der Waals surface area contributed by atoms with E-state index >= 15 is 0 Å². The van der Waals surface area contributed by atoms with E-state index in [-0.39, 0.29) is 6.61 Å². The van der Waals surface area contributed by atoms with Crippen LogP contribution in [-0.2, 0) is 13.0 Å². The van der Waals surface area contributed by atoms with E-state index in [0.29, 0.717) is 11.6 Å². The molecule has 0 saturated carbocycles. The van der Waals surface area contributed by atoms with Crippen molar-refractivity contribution in [1.29, 1.82) is 0 Å². The summed E-state index contributed by atoms with van der Waals surface area (Å²) in [6, 6.07) is 9.82. The van der Waals surface area contributed by atoms with E-state index in [2.05, 4.69) is 11.4 Å². The van der Waals surface area contributed by atoms with Crippen LogP contribution in [0.5, 0.6) is 5.75 Å². The van der Waals surface area contributed by atoms with Crippen LogP contribution < -0.4 is 10.1 Å². The molecule has 0 bridgehead atoms. The number of ether oxygens (including phenoxy) is 1. The predicted molar refractivity (Wildman–Crippen MR) is 77.3 cm³/mol. The second kappa shape index (κ2) is 5.82. The maximum Gasteiger partial charge on any atom is 0.126 e. The van der Waals surface area contributed by atoms with Crippen molar-refractivity contribution >= 4 is 0 Å². The zero-order chi connectivity index (χ0) is 14.8. The van der Waals surface area contributed by atoms with Crippen LogP contribution in [0.3, 0.4) is 0 Å². The molecule has 3 rings (SSSR count). The van der Waals surface area contributed by atoms with Crippen molar-refractivity contribution in [2.45, 2.75) is 25.5 Å². The molecule has 4 heteroatoms. The molecular formula is C17H17F2NO. The highest BCUT2D eigenvalue weighted by molar-refractivity contribution is 5.40. The highest BCUT2D eigenvalue weighted by atomic mass is 19.1. The summed E-state index contributed by atoms with van der Waals surface area (Å²) in [7, 11) is 1.96. The number of aryl methyl sites for hydroxylation is 1. The average molecular weight is 289 g/mol. The number of benzene rings is 2. The molecule has 1 N–H and O–H groups in total. The fourth-order valence-corrected chi connectivity index (χ4v) is 2.84. The van der Waals surface area contributed by atoms with E-state index in [0.717, 1.165) is 24.7 Å². The quantitative estimate of drug-likeness (QED) is 0.925. The van der Waals surface area contributed by atoms with E-state index in [9.17, 15) is 8.78 Å². The Morgan fingerprint density at radius 3 is 2.62 bits per heavy atom. The number of halogens is 2. The lowest BCUT2D eigenvalue weighted by Crippen LogP contribution is -2.12. The molecule has 0 heterocycles. The molecule has 21 heavy (non-hydrogen) atoms. The van der Waals surface area contributed by atoms with Crippen molar-refractivity contribution in [3.05, 3.63) is 64.7 Å². The van der Waals surface area contributed by atoms with Crippen LogP contribution >= 0.6 is 0 Å². The largest absolute Gasteiger partial charge is 0.489 e. The van der Waals surface area contributed by atoms with Gasteiger partial charge in [-0.3, -0.25) is 0 Å². The van der Waals surface area contributed by atoms with E-state index in [4.69, 9.17) is 4.74 Å². The summed E-state index contributed by atoms with van der Waals surface area (Å²) < 4.78 is 31.9. The van der Waals surface area contributed by atoms with Crippen LogP contribution in [0.2, 0.25) is 0 Å². The first kappa shape index (κ1) is 14.0. The Bertz CT molecular complexity index is 637. The Labute approximate surface area is 122 Å². The van der Waals surface area contributed by atoms with Gasteiger partial charge in [0.1, 0.15) is 24.0 Å². The van der Waals surface area contributed by atoms with E-state index in [1.165, 1.54) is 23.3 Å². The summed E-state index contributed by atoms with van der Waals surface area (Å²) in [5, 5.41) is 3.29. The normalized spacial score (nSPS) is 16.8. The smallest absolute Gasteiger partial charge is 0.126 e. The molecule has 1 aliphatic rings. The first-order chi connectivity index (χ1) is 10.2. The second-order valence-corrected chi connectivity index (χ2v) is 5.31. The van der Waals surface area contributed by atoms with Gasteiger partial charge in [0.2, 0.25) is 0 Å². The first-order valence-corrected chi connectivity index (χ1v) is 7.03.